The summed E-state index contributed by atoms with van der Waals surface area (Å²) in [6, 6.07) is 4.63. The molecule has 2 aromatic rings. The summed E-state index contributed by atoms with van der Waals surface area (Å²) in [5.41, 5.74) is 1.81. The number of nitrogens with one attached hydrogen (secondary N) is 1. The van der Waals surface area contributed by atoms with Gasteiger partial charge in [-0.25, -0.2) is 9.07 Å². The number of rotatable bonds is 4. The van der Waals surface area contributed by atoms with E-state index in [1.54, 1.807) is 10.7 Å². The summed E-state index contributed by atoms with van der Waals surface area (Å²) in [5.74, 6) is 0.544. The van der Waals surface area contributed by atoms with E-state index < -0.39 is 0 Å². The molecule has 5 nitrogen and oxygen atoms in total. The zero-order chi connectivity index (χ0) is 13.2. The second kappa shape index (κ2) is 4.97. The molecule has 1 unspecified atom stereocenters. The van der Waals surface area contributed by atoms with Gasteiger partial charge in [0.05, 0.1) is 12.2 Å². The van der Waals surface area contributed by atoms with Gasteiger partial charge < -0.3 is 10.1 Å². The molecule has 1 aliphatic rings. The highest BCUT2D eigenvalue weighted by atomic mass is 19.1. The van der Waals surface area contributed by atoms with Gasteiger partial charge in [-0.1, -0.05) is 5.21 Å². The summed E-state index contributed by atoms with van der Waals surface area (Å²) in [6.07, 6.45) is 2.58. The van der Waals surface area contributed by atoms with E-state index in [1.165, 1.54) is 12.1 Å². The Morgan fingerprint density at radius 2 is 2.42 bits per heavy atom. The second-order valence-corrected chi connectivity index (χ2v) is 4.66. The average molecular weight is 262 g/mol. The van der Waals surface area contributed by atoms with Crippen LogP contribution in [0.3, 0.4) is 0 Å². The van der Waals surface area contributed by atoms with E-state index in [0.717, 1.165) is 17.0 Å². The number of benzene rings is 1. The van der Waals surface area contributed by atoms with Crippen LogP contribution in [-0.4, -0.2) is 28.1 Å². The van der Waals surface area contributed by atoms with Crippen molar-refractivity contribution in [3.05, 3.63) is 41.5 Å². The second-order valence-electron chi connectivity index (χ2n) is 4.66. The van der Waals surface area contributed by atoms with Gasteiger partial charge in [0.2, 0.25) is 0 Å². The normalized spacial score (nSPS) is 17.3. The molecule has 1 atom stereocenters. The van der Waals surface area contributed by atoms with Crippen molar-refractivity contribution < 1.29 is 9.13 Å². The molecule has 0 amide bonds. The Morgan fingerprint density at radius 1 is 1.53 bits per heavy atom. The van der Waals surface area contributed by atoms with Crippen LogP contribution >= 0.6 is 0 Å². The van der Waals surface area contributed by atoms with Gasteiger partial charge in [-0.15, -0.1) is 5.10 Å². The first-order valence-electron chi connectivity index (χ1n) is 6.23. The molecule has 6 heteroatoms. The van der Waals surface area contributed by atoms with Crippen LogP contribution in [0.1, 0.15) is 11.3 Å². The van der Waals surface area contributed by atoms with E-state index in [1.807, 2.05) is 13.2 Å². The third-order valence-electron chi connectivity index (χ3n) is 3.10. The molecule has 0 bridgehead atoms. The Labute approximate surface area is 110 Å². The Balaban J connectivity index is 1.66. The van der Waals surface area contributed by atoms with Gasteiger partial charge in [0.25, 0.3) is 0 Å². The number of ether oxygens (including phenoxy) is 1. The van der Waals surface area contributed by atoms with Crippen LogP contribution in [0.25, 0.3) is 0 Å². The lowest BCUT2D eigenvalue weighted by Crippen LogP contribution is -2.21. The van der Waals surface area contributed by atoms with Gasteiger partial charge in [-0.05, 0) is 25.2 Å². The molecule has 0 saturated heterocycles. The van der Waals surface area contributed by atoms with Crippen LogP contribution in [0, 0.1) is 5.82 Å². The predicted molar refractivity (Wildman–Crippen MR) is 67.3 cm³/mol. The smallest absolute Gasteiger partial charge is 0.123 e. The number of aromatic nitrogens is 3. The van der Waals surface area contributed by atoms with Crippen molar-refractivity contribution in [3.63, 3.8) is 0 Å². The van der Waals surface area contributed by atoms with Crippen LogP contribution in [0.4, 0.5) is 4.39 Å². The van der Waals surface area contributed by atoms with Crippen molar-refractivity contribution >= 4 is 0 Å². The maximum Gasteiger partial charge on any atom is 0.123 e. The molecule has 1 aromatic heterocycles. The maximum atomic E-state index is 13.1. The van der Waals surface area contributed by atoms with E-state index >= 15 is 0 Å². The van der Waals surface area contributed by atoms with E-state index in [2.05, 4.69) is 15.6 Å². The Hall–Kier alpha value is -1.95. The first kappa shape index (κ1) is 12.1. The molecule has 3 rings (SSSR count). The topological polar surface area (TPSA) is 52.0 Å². The summed E-state index contributed by atoms with van der Waals surface area (Å²) >= 11 is 0. The molecule has 2 heterocycles. The molecule has 0 radical (unpaired) electrons. The fourth-order valence-electron chi connectivity index (χ4n) is 2.29. The standard InChI is InChI=1S/C13H15FN4O/c1-15-6-11-7-18(17-16-11)8-12-5-9-4-10(14)2-3-13(9)19-12/h2-4,7,12,15H,5-6,8H2,1H3. The summed E-state index contributed by atoms with van der Waals surface area (Å²) in [4.78, 5) is 0. The van der Waals surface area contributed by atoms with Crippen molar-refractivity contribution in [2.75, 3.05) is 7.05 Å². The predicted octanol–water partition coefficient (Wildman–Crippen LogP) is 1.14. The van der Waals surface area contributed by atoms with E-state index in [4.69, 9.17) is 4.74 Å². The maximum absolute atomic E-state index is 13.1. The largest absolute Gasteiger partial charge is 0.488 e. The Bertz CT molecular complexity index is 584. The molecule has 0 spiro atoms. The van der Waals surface area contributed by atoms with Crippen LogP contribution < -0.4 is 10.1 Å². The molecule has 100 valence electrons. The summed E-state index contributed by atoms with van der Waals surface area (Å²) in [5, 5.41) is 11.1. The van der Waals surface area contributed by atoms with Gasteiger partial charge in [-0.3, -0.25) is 0 Å². The van der Waals surface area contributed by atoms with Gasteiger partial charge in [-0.2, -0.15) is 0 Å². The van der Waals surface area contributed by atoms with Crippen molar-refractivity contribution in [2.24, 2.45) is 0 Å². The molecular weight excluding hydrogens is 247 g/mol. The molecular formula is C13H15FN4O. The highest BCUT2D eigenvalue weighted by molar-refractivity contribution is 5.37. The molecule has 0 fully saturated rings. The lowest BCUT2D eigenvalue weighted by Gasteiger charge is -2.09. The SMILES string of the molecule is CNCc1cn(CC2Cc3cc(F)ccc3O2)nn1. The average Bonchev–Trinajstić information content (AvgIpc) is 2.96. The summed E-state index contributed by atoms with van der Waals surface area (Å²) in [7, 11) is 1.87. The lowest BCUT2D eigenvalue weighted by atomic mass is 10.1. The van der Waals surface area contributed by atoms with Gasteiger partial charge in [0.15, 0.2) is 0 Å². The molecule has 0 aliphatic carbocycles. The first-order chi connectivity index (χ1) is 9.24. The van der Waals surface area contributed by atoms with E-state index in [0.29, 0.717) is 19.5 Å². The minimum Gasteiger partial charge on any atom is -0.488 e. The fraction of sp³-hybridized carbons (Fsp3) is 0.385. The van der Waals surface area contributed by atoms with Crippen LogP contribution in [-0.2, 0) is 19.5 Å². The first-order valence-corrected chi connectivity index (χ1v) is 6.23. The third kappa shape index (κ3) is 2.58. The van der Waals surface area contributed by atoms with Gasteiger partial charge in [0.1, 0.15) is 17.7 Å². The lowest BCUT2D eigenvalue weighted by molar-refractivity contribution is 0.202. The highest BCUT2D eigenvalue weighted by Crippen LogP contribution is 2.29. The van der Waals surface area contributed by atoms with E-state index in [-0.39, 0.29) is 11.9 Å². The van der Waals surface area contributed by atoms with Crippen LogP contribution in [0.5, 0.6) is 5.75 Å². The summed E-state index contributed by atoms with van der Waals surface area (Å²) < 4.78 is 20.6. The minimum atomic E-state index is -0.222. The molecule has 19 heavy (non-hydrogen) atoms. The highest BCUT2D eigenvalue weighted by Gasteiger charge is 2.24. The van der Waals surface area contributed by atoms with Crippen LogP contribution in [0.2, 0.25) is 0 Å². The quantitative estimate of drug-likeness (QED) is 0.897. The van der Waals surface area contributed by atoms with E-state index in [9.17, 15) is 4.39 Å². The minimum absolute atomic E-state index is 0.0130. The monoisotopic (exact) mass is 262 g/mol. The Morgan fingerprint density at radius 3 is 3.26 bits per heavy atom. The third-order valence-corrected chi connectivity index (χ3v) is 3.10. The number of halogens is 1. The molecule has 1 aromatic carbocycles. The van der Waals surface area contributed by atoms with Crippen molar-refractivity contribution in [3.8, 4) is 5.75 Å². The summed E-state index contributed by atoms with van der Waals surface area (Å²) in [6.45, 7) is 1.31. The zero-order valence-corrected chi connectivity index (χ0v) is 10.6. The van der Waals surface area contributed by atoms with Crippen molar-refractivity contribution in [1.29, 1.82) is 0 Å². The van der Waals surface area contributed by atoms with Gasteiger partial charge >= 0.3 is 0 Å². The van der Waals surface area contributed by atoms with Crippen molar-refractivity contribution in [1.82, 2.24) is 20.3 Å². The number of nitrogens with zero attached hydrogens (tertiary/aromatic N) is 3. The molecule has 0 saturated carbocycles. The molecule has 1 N–H and O–H groups in total. The van der Waals surface area contributed by atoms with Crippen LogP contribution in [0.15, 0.2) is 24.4 Å². The number of hydrogen-bond donors (Lipinski definition) is 1. The number of fused-ring (bicyclic) bond motifs is 1. The zero-order valence-electron chi connectivity index (χ0n) is 10.6. The van der Waals surface area contributed by atoms with Gasteiger partial charge in [0, 0.05) is 24.7 Å². The number of hydrogen-bond acceptors (Lipinski definition) is 4. The molecule has 1 aliphatic heterocycles. The van der Waals surface area contributed by atoms with Crippen molar-refractivity contribution in [2.45, 2.75) is 25.6 Å². The fourth-order valence-corrected chi connectivity index (χ4v) is 2.29. The Kier molecular flexibility index (Phi) is 3.16.